The van der Waals surface area contributed by atoms with E-state index >= 15 is 0 Å². The molecule has 1 aliphatic rings. The lowest BCUT2D eigenvalue weighted by molar-refractivity contribution is 1.10. The van der Waals surface area contributed by atoms with Crippen molar-refractivity contribution >= 4 is 32.9 Å². The van der Waals surface area contributed by atoms with Gasteiger partial charge in [-0.15, -0.1) is 22.7 Å². The third-order valence-corrected chi connectivity index (χ3v) is 5.46. The topological polar surface area (TPSA) is 25.8 Å². The molecule has 0 saturated heterocycles. The summed E-state index contributed by atoms with van der Waals surface area (Å²) >= 11 is 3.67. The smallest absolute Gasteiger partial charge is 0.127 e. The van der Waals surface area contributed by atoms with Crippen LogP contribution in [-0.2, 0) is 0 Å². The summed E-state index contributed by atoms with van der Waals surface area (Å²) < 4.78 is 0. The van der Waals surface area contributed by atoms with Crippen molar-refractivity contribution in [3.63, 3.8) is 0 Å². The number of aromatic nitrogens is 2. The first-order chi connectivity index (χ1) is 8.83. The molecule has 0 aliphatic heterocycles. The summed E-state index contributed by atoms with van der Waals surface area (Å²) in [7, 11) is 0. The molecule has 0 bridgehead atoms. The Kier molecular flexibility index (Phi) is 2.29. The highest BCUT2D eigenvalue weighted by molar-refractivity contribution is 7.20. The first kappa shape index (κ1) is 10.6. The van der Waals surface area contributed by atoms with Crippen LogP contribution in [-0.4, -0.2) is 9.97 Å². The van der Waals surface area contributed by atoms with Crippen molar-refractivity contribution in [1.82, 2.24) is 9.97 Å². The summed E-state index contributed by atoms with van der Waals surface area (Å²) in [5.74, 6) is 1.63. The summed E-state index contributed by atoms with van der Waals surface area (Å²) in [6.07, 6.45) is 4.66. The lowest BCUT2D eigenvalue weighted by atomic mass is 10.1. The van der Waals surface area contributed by atoms with Crippen molar-refractivity contribution in [3.8, 4) is 10.4 Å². The van der Waals surface area contributed by atoms with Gasteiger partial charge in [-0.05, 0) is 37.1 Å². The van der Waals surface area contributed by atoms with E-state index < -0.39 is 0 Å². The minimum atomic E-state index is 0.765. The van der Waals surface area contributed by atoms with Gasteiger partial charge in [0.1, 0.15) is 10.7 Å². The zero-order chi connectivity index (χ0) is 12.1. The van der Waals surface area contributed by atoms with Crippen LogP contribution in [0.5, 0.6) is 0 Å². The van der Waals surface area contributed by atoms with Gasteiger partial charge in [0.15, 0.2) is 0 Å². The number of thiophene rings is 2. The van der Waals surface area contributed by atoms with Crippen molar-refractivity contribution in [1.29, 1.82) is 0 Å². The summed E-state index contributed by atoms with van der Waals surface area (Å²) in [6.45, 7) is 1.96. The molecule has 2 nitrogen and oxygen atoms in total. The molecule has 3 aromatic heterocycles. The predicted octanol–water partition coefficient (Wildman–Crippen LogP) is 4.61. The molecule has 1 aliphatic carbocycles. The highest BCUT2D eigenvalue weighted by atomic mass is 32.1. The Balaban J connectivity index is 2.05. The molecule has 3 heterocycles. The normalized spacial score (nSPS) is 15.4. The second kappa shape index (κ2) is 3.87. The molecule has 1 fully saturated rings. The highest BCUT2D eigenvalue weighted by Crippen LogP contribution is 2.51. The summed E-state index contributed by atoms with van der Waals surface area (Å²) in [5, 5.41) is 3.37. The van der Waals surface area contributed by atoms with Crippen molar-refractivity contribution in [3.05, 3.63) is 34.4 Å². The Hall–Kier alpha value is -1.26. The van der Waals surface area contributed by atoms with Crippen molar-refractivity contribution < 1.29 is 0 Å². The van der Waals surface area contributed by atoms with Gasteiger partial charge in [-0.1, -0.05) is 6.07 Å². The first-order valence-electron chi connectivity index (χ1n) is 6.13. The Morgan fingerprint density at radius 2 is 2.22 bits per heavy atom. The Bertz CT molecular complexity index is 709. The number of hydrogen-bond acceptors (Lipinski definition) is 4. The summed E-state index contributed by atoms with van der Waals surface area (Å²) in [6, 6.07) is 4.33. The largest absolute Gasteiger partial charge is 0.241 e. The quantitative estimate of drug-likeness (QED) is 0.681. The molecule has 0 aromatic carbocycles. The molecule has 18 heavy (non-hydrogen) atoms. The number of hydrogen-bond donors (Lipinski definition) is 0. The lowest BCUT2D eigenvalue weighted by Crippen LogP contribution is -1.84. The van der Waals surface area contributed by atoms with E-state index in [4.69, 9.17) is 0 Å². The monoisotopic (exact) mass is 272 g/mol. The number of fused-ring (bicyclic) bond motifs is 1. The maximum Gasteiger partial charge on any atom is 0.127 e. The van der Waals surface area contributed by atoms with Crippen molar-refractivity contribution in [2.24, 2.45) is 0 Å². The Morgan fingerprint density at radius 1 is 1.33 bits per heavy atom. The van der Waals surface area contributed by atoms with Crippen LogP contribution in [0.3, 0.4) is 0 Å². The molecule has 4 rings (SSSR count). The molecule has 0 unspecified atom stereocenters. The minimum Gasteiger partial charge on any atom is -0.241 e. The second-order valence-electron chi connectivity index (χ2n) is 4.73. The van der Waals surface area contributed by atoms with Gasteiger partial charge < -0.3 is 0 Å². The standard InChI is InChI=1S/C14H12N2S2/c1-8-15-7-10-12(11-3-2-6-17-11)13(9-4-5-9)18-14(10)16-8/h2-3,6-7,9H,4-5H2,1H3. The highest BCUT2D eigenvalue weighted by Gasteiger charge is 2.30. The van der Waals surface area contributed by atoms with Gasteiger partial charge in [0.25, 0.3) is 0 Å². The number of aryl methyl sites for hydroxylation is 1. The third-order valence-electron chi connectivity index (χ3n) is 3.31. The molecule has 90 valence electrons. The lowest BCUT2D eigenvalue weighted by Gasteiger charge is -1.99. The van der Waals surface area contributed by atoms with Gasteiger partial charge in [-0.2, -0.15) is 0 Å². The van der Waals surface area contributed by atoms with E-state index in [1.807, 2.05) is 35.8 Å². The van der Waals surface area contributed by atoms with E-state index in [-0.39, 0.29) is 0 Å². The molecule has 0 N–H and O–H groups in total. The molecule has 0 radical (unpaired) electrons. The van der Waals surface area contributed by atoms with Crippen molar-refractivity contribution in [2.75, 3.05) is 0 Å². The molecule has 1 saturated carbocycles. The first-order valence-corrected chi connectivity index (χ1v) is 7.82. The zero-order valence-electron chi connectivity index (χ0n) is 10.0. The van der Waals surface area contributed by atoms with E-state index in [0.29, 0.717) is 0 Å². The van der Waals surface area contributed by atoms with Gasteiger partial charge in [0.05, 0.1) is 0 Å². The van der Waals surface area contributed by atoms with Crippen LogP contribution < -0.4 is 0 Å². The van der Waals surface area contributed by atoms with Gasteiger partial charge >= 0.3 is 0 Å². The van der Waals surface area contributed by atoms with Crippen LogP contribution in [0.4, 0.5) is 0 Å². The Labute approximate surface area is 113 Å². The average Bonchev–Trinajstić information content (AvgIpc) is 2.94. The molecule has 0 amide bonds. The van der Waals surface area contributed by atoms with Gasteiger partial charge in [-0.3, -0.25) is 0 Å². The van der Waals surface area contributed by atoms with Gasteiger partial charge in [0.2, 0.25) is 0 Å². The maximum atomic E-state index is 4.59. The zero-order valence-corrected chi connectivity index (χ0v) is 11.6. The van der Waals surface area contributed by atoms with Crippen LogP contribution >= 0.6 is 22.7 Å². The van der Waals surface area contributed by atoms with E-state index in [9.17, 15) is 0 Å². The molecule has 0 atom stereocenters. The van der Waals surface area contributed by atoms with Crippen LogP contribution in [0.1, 0.15) is 29.5 Å². The summed E-state index contributed by atoms with van der Waals surface area (Å²) in [4.78, 5) is 13.0. The fourth-order valence-corrected chi connectivity index (χ4v) is 4.53. The van der Waals surface area contributed by atoms with Crippen LogP contribution in [0.15, 0.2) is 23.7 Å². The van der Waals surface area contributed by atoms with Gasteiger partial charge in [0, 0.05) is 26.9 Å². The fraction of sp³-hybridized carbons (Fsp3) is 0.286. The molecule has 4 heteroatoms. The molecular weight excluding hydrogens is 260 g/mol. The van der Waals surface area contributed by atoms with E-state index in [1.54, 1.807) is 0 Å². The number of nitrogens with zero attached hydrogens (tertiary/aromatic N) is 2. The van der Waals surface area contributed by atoms with Crippen molar-refractivity contribution in [2.45, 2.75) is 25.7 Å². The van der Waals surface area contributed by atoms with E-state index in [0.717, 1.165) is 16.6 Å². The molecular formula is C14H12N2S2. The minimum absolute atomic E-state index is 0.765. The SMILES string of the molecule is Cc1ncc2c(-c3cccs3)c(C3CC3)sc2n1. The predicted molar refractivity (Wildman–Crippen MR) is 77.4 cm³/mol. The third kappa shape index (κ3) is 1.60. The molecule has 3 aromatic rings. The van der Waals surface area contributed by atoms with Crippen LogP contribution in [0, 0.1) is 6.92 Å². The van der Waals surface area contributed by atoms with E-state index in [1.165, 1.54) is 33.5 Å². The average molecular weight is 272 g/mol. The van der Waals surface area contributed by atoms with Crippen LogP contribution in [0.25, 0.3) is 20.7 Å². The van der Waals surface area contributed by atoms with Gasteiger partial charge in [-0.25, -0.2) is 9.97 Å². The Morgan fingerprint density at radius 3 is 2.94 bits per heavy atom. The van der Waals surface area contributed by atoms with E-state index in [2.05, 4.69) is 27.5 Å². The second-order valence-corrected chi connectivity index (χ2v) is 6.71. The summed E-state index contributed by atoms with van der Waals surface area (Å²) in [5.41, 5.74) is 1.40. The fourth-order valence-electron chi connectivity index (χ4n) is 2.29. The number of rotatable bonds is 2. The van der Waals surface area contributed by atoms with Crippen LogP contribution in [0.2, 0.25) is 0 Å². The molecule has 0 spiro atoms. The maximum absolute atomic E-state index is 4.59.